The maximum Gasteiger partial charge on any atom is 0.0540 e. The summed E-state index contributed by atoms with van der Waals surface area (Å²) in [5.41, 5.74) is 8.42. The average molecular weight is 236 g/mol. The summed E-state index contributed by atoms with van der Waals surface area (Å²) in [4.78, 5) is 2.39. The van der Waals surface area contributed by atoms with Crippen molar-refractivity contribution in [1.82, 2.24) is 14.7 Å². The van der Waals surface area contributed by atoms with Crippen molar-refractivity contribution in [2.75, 3.05) is 20.1 Å². The Balaban J connectivity index is 2.07. The molecule has 2 rings (SSSR count). The molecule has 1 fully saturated rings. The van der Waals surface area contributed by atoms with Crippen LogP contribution in [0.3, 0.4) is 0 Å². The van der Waals surface area contributed by atoms with Gasteiger partial charge in [0, 0.05) is 31.4 Å². The summed E-state index contributed by atoms with van der Waals surface area (Å²) >= 11 is 0. The number of hydrogen-bond acceptors (Lipinski definition) is 3. The minimum Gasteiger partial charge on any atom is -0.329 e. The Kier molecular flexibility index (Phi) is 3.54. The van der Waals surface area contributed by atoms with Crippen molar-refractivity contribution in [3.05, 3.63) is 17.5 Å². The Morgan fingerprint density at radius 3 is 2.71 bits per heavy atom. The molecule has 4 nitrogen and oxygen atoms in total. The van der Waals surface area contributed by atoms with Gasteiger partial charge in [-0.1, -0.05) is 6.92 Å². The molecule has 0 aliphatic heterocycles. The first-order valence-electron chi connectivity index (χ1n) is 6.43. The summed E-state index contributed by atoms with van der Waals surface area (Å²) in [7, 11) is 4.16. The monoisotopic (exact) mass is 236 g/mol. The number of hydrogen-bond donors (Lipinski definition) is 1. The SMILES string of the molecule is Cc1c(C(CN)N(C)CC2CC2C)cnn1C. The highest BCUT2D eigenvalue weighted by molar-refractivity contribution is 5.21. The molecule has 3 unspecified atom stereocenters. The molecule has 0 bridgehead atoms. The van der Waals surface area contributed by atoms with Gasteiger partial charge in [0.25, 0.3) is 0 Å². The highest BCUT2D eigenvalue weighted by atomic mass is 15.3. The topological polar surface area (TPSA) is 47.1 Å². The van der Waals surface area contributed by atoms with E-state index in [-0.39, 0.29) is 0 Å². The van der Waals surface area contributed by atoms with E-state index in [1.807, 2.05) is 17.9 Å². The second kappa shape index (κ2) is 4.78. The van der Waals surface area contributed by atoms with Crippen molar-refractivity contribution in [3.63, 3.8) is 0 Å². The number of rotatable bonds is 5. The van der Waals surface area contributed by atoms with Crippen LogP contribution in [0.5, 0.6) is 0 Å². The first-order chi connectivity index (χ1) is 8.04. The van der Waals surface area contributed by atoms with Gasteiger partial charge in [0.1, 0.15) is 0 Å². The highest BCUT2D eigenvalue weighted by Crippen LogP contribution is 2.39. The second-order valence-corrected chi connectivity index (χ2v) is 5.47. The number of aromatic nitrogens is 2. The molecule has 1 aromatic heterocycles. The quantitative estimate of drug-likeness (QED) is 0.838. The predicted octanol–water partition coefficient (Wildman–Crippen LogP) is 1.32. The first-order valence-corrected chi connectivity index (χ1v) is 6.43. The van der Waals surface area contributed by atoms with Crippen molar-refractivity contribution in [3.8, 4) is 0 Å². The van der Waals surface area contributed by atoms with E-state index < -0.39 is 0 Å². The van der Waals surface area contributed by atoms with E-state index in [0.717, 1.165) is 18.4 Å². The van der Waals surface area contributed by atoms with E-state index >= 15 is 0 Å². The molecule has 0 amide bonds. The van der Waals surface area contributed by atoms with Gasteiger partial charge in [0.15, 0.2) is 0 Å². The van der Waals surface area contributed by atoms with Gasteiger partial charge in [-0.25, -0.2) is 0 Å². The number of nitrogens with two attached hydrogens (primary N) is 1. The lowest BCUT2D eigenvalue weighted by Gasteiger charge is -2.27. The van der Waals surface area contributed by atoms with Gasteiger partial charge >= 0.3 is 0 Å². The van der Waals surface area contributed by atoms with E-state index in [2.05, 4.69) is 30.9 Å². The second-order valence-electron chi connectivity index (χ2n) is 5.47. The molecular weight excluding hydrogens is 212 g/mol. The molecule has 2 N–H and O–H groups in total. The fraction of sp³-hybridized carbons (Fsp3) is 0.769. The van der Waals surface area contributed by atoms with E-state index in [0.29, 0.717) is 12.6 Å². The van der Waals surface area contributed by atoms with Crippen LogP contribution in [0.25, 0.3) is 0 Å². The lowest BCUT2D eigenvalue weighted by molar-refractivity contribution is 0.236. The molecule has 0 saturated heterocycles. The highest BCUT2D eigenvalue weighted by Gasteiger charge is 2.34. The zero-order valence-corrected chi connectivity index (χ0v) is 11.3. The van der Waals surface area contributed by atoms with Crippen LogP contribution in [-0.4, -0.2) is 34.8 Å². The molecule has 4 heteroatoms. The predicted molar refractivity (Wildman–Crippen MR) is 69.6 cm³/mol. The van der Waals surface area contributed by atoms with E-state index in [1.165, 1.54) is 17.7 Å². The lowest BCUT2D eigenvalue weighted by atomic mass is 10.1. The van der Waals surface area contributed by atoms with Gasteiger partial charge in [0.2, 0.25) is 0 Å². The van der Waals surface area contributed by atoms with Crippen molar-refractivity contribution in [2.24, 2.45) is 24.6 Å². The molecule has 0 aromatic carbocycles. The van der Waals surface area contributed by atoms with Gasteiger partial charge in [-0.3, -0.25) is 9.58 Å². The van der Waals surface area contributed by atoms with Crippen LogP contribution in [0.2, 0.25) is 0 Å². The number of likely N-dealkylation sites (N-methyl/N-ethyl adjacent to an activating group) is 1. The first kappa shape index (κ1) is 12.6. The Morgan fingerprint density at radius 1 is 1.65 bits per heavy atom. The van der Waals surface area contributed by atoms with Crippen LogP contribution >= 0.6 is 0 Å². The molecule has 1 aromatic rings. The minimum absolute atomic E-state index is 0.302. The molecular formula is C13H24N4. The summed E-state index contributed by atoms with van der Waals surface area (Å²) in [6.45, 7) is 6.24. The van der Waals surface area contributed by atoms with E-state index in [1.54, 1.807) is 0 Å². The summed E-state index contributed by atoms with van der Waals surface area (Å²) < 4.78 is 1.92. The third-order valence-electron chi connectivity index (χ3n) is 4.19. The van der Waals surface area contributed by atoms with Crippen LogP contribution in [0.4, 0.5) is 0 Å². The molecule has 1 heterocycles. The lowest BCUT2D eigenvalue weighted by Crippen LogP contribution is -2.32. The maximum atomic E-state index is 5.94. The number of aryl methyl sites for hydroxylation is 1. The van der Waals surface area contributed by atoms with Gasteiger partial charge in [-0.15, -0.1) is 0 Å². The summed E-state index contributed by atoms with van der Waals surface area (Å²) in [6.07, 6.45) is 3.33. The Morgan fingerprint density at radius 2 is 2.29 bits per heavy atom. The fourth-order valence-electron chi connectivity index (χ4n) is 2.54. The van der Waals surface area contributed by atoms with E-state index in [4.69, 9.17) is 5.73 Å². The van der Waals surface area contributed by atoms with Gasteiger partial charge < -0.3 is 5.73 Å². The van der Waals surface area contributed by atoms with Crippen LogP contribution in [0.1, 0.15) is 30.6 Å². The normalized spacial score (nSPS) is 25.3. The molecule has 0 spiro atoms. The van der Waals surface area contributed by atoms with Crippen LogP contribution in [-0.2, 0) is 7.05 Å². The summed E-state index contributed by atoms with van der Waals surface area (Å²) in [6, 6.07) is 0.302. The van der Waals surface area contributed by atoms with Crippen molar-refractivity contribution >= 4 is 0 Å². The molecule has 0 radical (unpaired) electrons. The van der Waals surface area contributed by atoms with Gasteiger partial charge in [-0.2, -0.15) is 5.10 Å². The molecule has 1 aliphatic rings. The molecule has 3 atom stereocenters. The third kappa shape index (κ3) is 2.53. The summed E-state index contributed by atoms with van der Waals surface area (Å²) in [5.74, 6) is 1.76. The molecule has 1 aliphatic carbocycles. The Labute approximate surface area is 104 Å². The standard InChI is InChI=1S/C13H24N4/c1-9-5-11(9)8-16(3)13(6-14)12-7-15-17(4)10(12)2/h7,9,11,13H,5-6,8,14H2,1-4H3. The smallest absolute Gasteiger partial charge is 0.0540 e. The maximum absolute atomic E-state index is 5.94. The van der Waals surface area contributed by atoms with Crippen molar-refractivity contribution in [2.45, 2.75) is 26.3 Å². The van der Waals surface area contributed by atoms with Crippen molar-refractivity contribution < 1.29 is 0 Å². The Hall–Kier alpha value is -0.870. The Bertz CT molecular complexity index is 385. The van der Waals surface area contributed by atoms with Crippen molar-refractivity contribution in [1.29, 1.82) is 0 Å². The van der Waals surface area contributed by atoms with E-state index in [9.17, 15) is 0 Å². The average Bonchev–Trinajstić information content (AvgIpc) is 2.88. The summed E-state index contributed by atoms with van der Waals surface area (Å²) in [5, 5.41) is 4.31. The molecule has 96 valence electrons. The van der Waals surface area contributed by atoms with Gasteiger partial charge in [0.05, 0.1) is 12.2 Å². The van der Waals surface area contributed by atoms with Gasteiger partial charge in [-0.05, 0) is 32.2 Å². The fourth-order valence-corrected chi connectivity index (χ4v) is 2.54. The zero-order chi connectivity index (χ0) is 12.6. The number of nitrogens with zero attached hydrogens (tertiary/aromatic N) is 3. The largest absolute Gasteiger partial charge is 0.329 e. The van der Waals surface area contributed by atoms with Crippen LogP contribution in [0, 0.1) is 18.8 Å². The third-order valence-corrected chi connectivity index (χ3v) is 4.19. The minimum atomic E-state index is 0.302. The van der Waals surface area contributed by atoms with Crippen LogP contribution < -0.4 is 5.73 Å². The molecule has 1 saturated carbocycles. The zero-order valence-electron chi connectivity index (χ0n) is 11.3. The van der Waals surface area contributed by atoms with Crippen LogP contribution in [0.15, 0.2) is 6.20 Å². The molecule has 17 heavy (non-hydrogen) atoms.